The Balaban J connectivity index is 2.25. The van der Waals surface area contributed by atoms with Gasteiger partial charge in [-0.3, -0.25) is 4.68 Å². The fourth-order valence-electron chi connectivity index (χ4n) is 2.34. The molecule has 1 heterocycles. The first kappa shape index (κ1) is 12.6. The first-order valence-corrected chi connectivity index (χ1v) is 6.09. The van der Waals surface area contributed by atoms with Crippen LogP contribution in [0.25, 0.3) is 0 Å². The number of nitrogens with zero attached hydrogens (tertiary/aromatic N) is 3. The van der Waals surface area contributed by atoms with E-state index in [1.807, 2.05) is 24.1 Å². The number of benzene rings is 1. The van der Waals surface area contributed by atoms with Gasteiger partial charge in [0, 0.05) is 44.6 Å². The highest BCUT2D eigenvalue weighted by Gasteiger charge is 2.10. The summed E-state index contributed by atoms with van der Waals surface area (Å²) in [4.78, 5) is 2.23. The fourth-order valence-corrected chi connectivity index (χ4v) is 2.34. The third kappa shape index (κ3) is 2.54. The molecule has 2 aromatic rings. The second kappa shape index (κ2) is 5.23. The molecular formula is C14H20N4. The summed E-state index contributed by atoms with van der Waals surface area (Å²) in [6.07, 6.45) is 3.94. The molecule has 0 unspecified atom stereocenters. The lowest BCUT2D eigenvalue weighted by Crippen LogP contribution is -2.19. The number of para-hydroxylation sites is 1. The predicted molar refractivity (Wildman–Crippen MR) is 74.4 cm³/mol. The molecule has 2 rings (SSSR count). The minimum atomic E-state index is 0.564. The molecule has 96 valence electrons. The van der Waals surface area contributed by atoms with Gasteiger partial charge in [0.1, 0.15) is 0 Å². The van der Waals surface area contributed by atoms with Crippen LogP contribution in [0.1, 0.15) is 16.7 Å². The van der Waals surface area contributed by atoms with Crippen LogP contribution in [-0.4, -0.2) is 16.8 Å². The summed E-state index contributed by atoms with van der Waals surface area (Å²) in [5.41, 5.74) is 10.7. The first-order valence-electron chi connectivity index (χ1n) is 6.09. The van der Waals surface area contributed by atoms with Crippen LogP contribution in [0.4, 0.5) is 5.69 Å². The van der Waals surface area contributed by atoms with Gasteiger partial charge in [0.05, 0.1) is 6.20 Å². The molecule has 4 heteroatoms. The Morgan fingerprint density at radius 2 is 2.17 bits per heavy atom. The summed E-state index contributed by atoms with van der Waals surface area (Å²) < 4.78 is 1.82. The number of hydrogen-bond donors (Lipinski definition) is 1. The summed E-state index contributed by atoms with van der Waals surface area (Å²) in [7, 11) is 4.02. The van der Waals surface area contributed by atoms with E-state index < -0.39 is 0 Å². The number of hydrogen-bond acceptors (Lipinski definition) is 3. The molecule has 0 radical (unpaired) electrons. The van der Waals surface area contributed by atoms with E-state index in [0.29, 0.717) is 6.54 Å². The summed E-state index contributed by atoms with van der Waals surface area (Å²) in [5.74, 6) is 0. The lowest BCUT2D eigenvalue weighted by Gasteiger charge is -2.23. The molecule has 4 nitrogen and oxygen atoms in total. The molecule has 0 bridgehead atoms. The predicted octanol–water partition coefficient (Wildman–Crippen LogP) is 1.82. The minimum absolute atomic E-state index is 0.564. The van der Waals surface area contributed by atoms with Crippen LogP contribution in [0.5, 0.6) is 0 Å². The Bertz CT molecular complexity index is 530. The average molecular weight is 244 g/mol. The van der Waals surface area contributed by atoms with Gasteiger partial charge in [-0.15, -0.1) is 0 Å². The molecule has 0 amide bonds. The van der Waals surface area contributed by atoms with E-state index in [9.17, 15) is 0 Å². The van der Waals surface area contributed by atoms with E-state index in [1.54, 1.807) is 0 Å². The van der Waals surface area contributed by atoms with Gasteiger partial charge in [0.2, 0.25) is 0 Å². The molecular weight excluding hydrogens is 224 g/mol. The highest BCUT2D eigenvalue weighted by atomic mass is 15.2. The van der Waals surface area contributed by atoms with Gasteiger partial charge in [-0.05, 0) is 18.1 Å². The molecule has 0 saturated carbocycles. The molecule has 0 spiro atoms. The van der Waals surface area contributed by atoms with Crippen LogP contribution in [0.2, 0.25) is 0 Å². The Morgan fingerprint density at radius 3 is 2.78 bits per heavy atom. The lowest BCUT2D eigenvalue weighted by atomic mass is 10.1. The van der Waals surface area contributed by atoms with Crippen molar-refractivity contribution in [2.45, 2.75) is 20.0 Å². The van der Waals surface area contributed by atoms with Crippen molar-refractivity contribution in [3.63, 3.8) is 0 Å². The van der Waals surface area contributed by atoms with Gasteiger partial charge >= 0.3 is 0 Å². The maximum absolute atomic E-state index is 5.81. The molecule has 2 N–H and O–H groups in total. The highest BCUT2D eigenvalue weighted by molar-refractivity contribution is 5.59. The topological polar surface area (TPSA) is 47.1 Å². The number of anilines is 1. The highest BCUT2D eigenvalue weighted by Crippen LogP contribution is 2.25. The summed E-state index contributed by atoms with van der Waals surface area (Å²) in [5, 5.41) is 4.19. The van der Waals surface area contributed by atoms with Crippen LogP contribution < -0.4 is 10.6 Å². The second-order valence-corrected chi connectivity index (χ2v) is 4.67. The average Bonchev–Trinajstić information content (AvgIpc) is 2.74. The quantitative estimate of drug-likeness (QED) is 0.892. The van der Waals surface area contributed by atoms with Crippen LogP contribution in [0.15, 0.2) is 30.6 Å². The van der Waals surface area contributed by atoms with Crippen molar-refractivity contribution in [2.75, 3.05) is 11.9 Å². The van der Waals surface area contributed by atoms with Crippen molar-refractivity contribution in [2.24, 2.45) is 12.8 Å². The third-order valence-corrected chi connectivity index (χ3v) is 3.10. The summed E-state index contributed by atoms with van der Waals surface area (Å²) in [6, 6.07) is 6.26. The molecule has 0 aliphatic rings. The molecule has 0 atom stereocenters. The zero-order valence-corrected chi connectivity index (χ0v) is 11.2. The Kier molecular flexibility index (Phi) is 3.67. The molecule has 1 aromatic heterocycles. The molecule has 0 saturated heterocycles. The van der Waals surface area contributed by atoms with Gasteiger partial charge in [-0.25, -0.2) is 0 Å². The van der Waals surface area contributed by atoms with E-state index in [-0.39, 0.29) is 0 Å². The minimum Gasteiger partial charge on any atom is -0.370 e. The monoisotopic (exact) mass is 244 g/mol. The van der Waals surface area contributed by atoms with Gasteiger partial charge in [-0.1, -0.05) is 18.2 Å². The van der Waals surface area contributed by atoms with Crippen LogP contribution in [-0.2, 0) is 20.1 Å². The number of aryl methyl sites for hydroxylation is 2. The van der Waals surface area contributed by atoms with Crippen molar-refractivity contribution < 1.29 is 0 Å². The normalized spacial score (nSPS) is 10.7. The Hall–Kier alpha value is -1.81. The molecule has 0 aliphatic carbocycles. The largest absolute Gasteiger partial charge is 0.370 e. The van der Waals surface area contributed by atoms with E-state index in [2.05, 4.69) is 42.2 Å². The number of aromatic nitrogens is 2. The SMILES string of the molecule is Cc1cccc(CN)c1N(C)Cc1cnn(C)c1. The smallest absolute Gasteiger partial charge is 0.0539 e. The fraction of sp³-hybridized carbons (Fsp3) is 0.357. The first-order chi connectivity index (χ1) is 8.61. The lowest BCUT2D eigenvalue weighted by molar-refractivity contribution is 0.766. The maximum atomic E-state index is 5.81. The van der Waals surface area contributed by atoms with Gasteiger partial charge in [0.25, 0.3) is 0 Å². The Labute approximate surface area is 108 Å². The summed E-state index contributed by atoms with van der Waals surface area (Å²) in [6.45, 7) is 3.52. The number of nitrogens with two attached hydrogens (primary N) is 1. The van der Waals surface area contributed by atoms with E-state index in [1.165, 1.54) is 22.4 Å². The summed E-state index contributed by atoms with van der Waals surface area (Å²) >= 11 is 0. The van der Waals surface area contributed by atoms with E-state index >= 15 is 0 Å². The molecule has 0 fully saturated rings. The van der Waals surface area contributed by atoms with Crippen LogP contribution >= 0.6 is 0 Å². The van der Waals surface area contributed by atoms with Gasteiger partial charge < -0.3 is 10.6 Å². The van der Waals surface area contributed by atoms with Crippen LogP contribution in [0.3, 0.4) is 0 Å². The zero-order chi connectivity index (χ0) is 13.1. The second-order valence-electron chi connectivity index (χ2n) is 4.67. The molecule has 0 aliphatic heterocycles. The maximum Gasteiger partial charge on any atom is 0.0539 e. The van der Waals surface area contributed by atoms with Gasteiger partial charge in [0.15, 0.2) is 0 Å². The van der Waals surface area contributed by atoms with Crippen molar-refractivity contribution >= 4 is 5.69 Å². The molecule has 18 heavy (non-hydrogen) atoms. The zero-order valence-electron chi connectivity index (χ0n) is 11.2. The Morgan fingerprint density at radius 1 is 1.39 bits per heavy atom. The van der Waals surface area contributed by atoms with Gasteiger partial charge in [-0.2, -0.15) is 5.10 Å². The number of rotatable bonds is 4. The van der Waals surface area contributed by atoms with Crippen LogP contribution in [0, 0.1) is 6.92 Å². The van der Waals surface area contributed by atoms with E-state index in [4.69, 9.17) is 5.73 Å². The van der Waals surface area contributed by atoms with Crippen molar-refractivity contribution in [3.8, 4) is 0 Å². The standard InChI is InChI=1S/C14H20N4/c1-11-5-4-6-13(7-15)14(11)17(2)9-12-8-16-18(3)10-12/h4-6,8,10H,7,9,15H2,1-3H3. The van der Waals surface area contributed by atoms with Crippen molar-refractivity contribution in [3.05, 3.63) is 47.3 Å². The van der Waals surface area contributed by atoms with Crippen molar-refractivity contribution in [1.82, 2.24) is 9.78 Å². The molecule has 1 aromatic carbocycles. The van der Waals surface area contributed by atoms with Crippen molar-refractivity contribution in [1.29, 1.82) is 0 Å². The third-order valence-electron chi connectivity index (χ3n) is 3.10. The van der Waals surface area contributed by atoms with E-state index in [0.717, 1.165) is 6.54 Å².